The summed E-state index contributed by atoms with van der Waals surface area (Å²) in [6, 6.07) is 6.44. The van der Waals surface area contributed by atoms with Crippen molar-refractivity contribution in [2.45, 2.75) is 24.6 Å². The molecule has 2 nitrogen and oxygen atoms in total. The monoisotopic (exact) mass is 206 g/mol. The molecule has 1 saturated carbocycles. The van der Waals surface area contributed by atoms with Gasteiger partial charge in [-0.2, -0.15) is 5.10 Å². The van der Waals surface area contributed by atoms with Crippen LogP contribution in [-0.2, 0) is 5.88 Å². The number of fused-ring (bicyclic) bond motifs is 1. The molecule has 0 saturated heterocycles. The molecule has 0 amide bonds. The second-order valence-electron chi connectivity index (χ2n) is 3.87. The zero-order valence-electron chi connectivity index (χ0n) is 7.78. The molecule has 0 spiro atoms. The van der Waals surface area contributed by atoms with Crippen molar-refractivity contribution in [3.8, 4) is 0 Å². The van der Waals surface area contributed by atoms with E-state index >= 15 is 0 Å². The molecule has 0 aliphatic heterocycles. The lowest BCUT2D eigenvalue weighted by Gasteiger charge is -1.97. The highest BCUT2D eigenvalue weighted by Crippen LogP contribution is 2.40. The maximum absolute atomic E-state index is 5.74. The minimum atomic E-state index is 0.487. The topological polar surface area (TPSA) is 17.3 Å². The van der Waals surface area contributed by atoms with Gasteiger partial charge in [0.1, 0.15) is 0 Å². The SMILES string of the molecule is ClCc1cc2cc(C3CC3)ccn2n1. The van der Waals surface area contributed by atoms with E-state index < -0.39 is 0 Å². The summed E-state index contributed by atoms with van der Waals surface area (Å²) in [6.07, 6.45) is 4.71. The van der Waals surface area contributed by atoms with Gasteiger partial charge in [0.05, 0.1) is 17.1 Å². The maximum atomic E-state index is 5.74. The number of hydrogen-bond acceptors (Lipinski definition) is 1. The van der Waals surface area contributed by atoms with Crippen LogP contribution in [0.2, 0.25) is 0 Å². The predicted molar refractivity (Wildman–Crippen MR) is 56.7 cm³/mol. The van der Waals surface area contributed by atoms with Crippen LogP contribution >= 0.6 is 11.6 Å². The Hall–Kier alpha value is -1.02. The van der Waals surface area contributed by atoms with Gasteiger partial charge in [-0.3, -0.25) is 0 Å². The Bertz CT molecular complexity index is 471. The molecule has 0 aromatic carbocycles. The lowest BCUT2D eigenvalue weighted by atomic mass is 10.1. The minimum absolute atomic E-state index is 0.487. The van der Waals surface area contributed by atoms with Crippen LogP contribution in [-0.4, -0.2) is 9.61 Å². The summed E-state index contributed by atoms with van der Waals surface area (Å²) in [5, 5.41) is 4.34. The van der Waals surface area contributed by atoms with E-state index in [9.17, 15) is 0 Å². The first kappa shape index (κ1) is 8.30. The van der Waals surface area contributed by atoms with E-state index in [4.69, 9.17) is 11.6 Å². The van der Waals surface area contributed by atoms with Crippen LogP contribution in [0.4, 0.5) is 0 Å². The molecular weight excluding hydrogens is 196 g/mol. The summed E-state index contributed by atoms with van der Waals surface area (Å²) in [5.74, 6) is 1.29. The number of alkyl halides is 1. The molecule has 3 rings (SSSR count). The fourth-order valence-electron chi connectivity index (χ4n) is 1.80. The van der Waals surface area contributed by atoms with Gasteiger partial charge in [-0.05, 0) is 42.5 Å². The Morgan fingerprint density at radius 3 is 3.00 bits per heavy atom. The van der Waals surface area contributed by atoms with Gasteiger partial charge in [0.2, 0.25) is 0 Å². The molecule has 1 aliphatic carbocycles. The molecule has 72 valence electrons. The lowest BCUT2D eigenvalue weighted by Crippen LogP contribution is -1.88. The number of nitrogens with zero attached hydrogens (tertiary/aromatic N) is 2. The number of hydrogen-bond donors (Lipinski definition) is 0. The van der Waals surface area contributed by atoms with Crippen molar-refractivity contribution in [3.63, 3.8) is 0 Å². The zero-order valence-corrected chi connectivity index (χ0v) is 8.54. The first-order chi connectivity index (χ1) is 6.86. The smallest absolute Gasteiger partial charge is 0.0782 e. The molecule has 0 N–H and O–H groups in total. The molecule has 1 aliphatic rings. The Morgan fingerprint density at radius 1 is 1.43 bits per heavy atom. The molecule has 2 aromatic heterocycles. The Labute approximate surface area is 87.5 Å². The van der Waals surface area contributed by atoms with E-state index in [2.05, 4.69) is 23.3 Å². The van der Waals surface area contributed by atoms with Gasteiger partial charge >= 0.3 is 0 Å². The van der Waals surface area contributed by atoms with E-state index in [1.54, 1.807) is 0 Å². The number of pyridine rings is 1. The second kappa shape index (κ2) is 2.99. The average molecular weight is 207 g/mol. The maximum Gasteiger partial charge on any atom is 0.0782 e. The molecular formula is C11H11ClN2. The van der Waals surface area contributed by atoms with E-state index in [0.29, 0.717) is 5.88 Å². The van der Waals surface area contributed by atoms with Gasteiger partial charge in [-0.15, -0.1) is 11.6 Å². The second-order valence-corrected chi connectivity index (χ2v) is 4.14. The largest absolute Gasteiger partial charge is 0.241 e. The lowest BCUT2D eigenvalue weighted by molar-refractivity contribution is 0.920. The highest BCUT2D eigenvalue weighted by atomic mass is 35.5. The van der Waals surface area contributed by atoms with Crippen LogP contribution < -0.4 is 0 Å². The summed E-state index contributed by atoms with van der Waals surface area (Å²) < 4.78 is 1.89. The minimum Gasteiger partial charge on any atom is -0.241 e. The molecule has 1 fully saturated rings. The first-order valence-electron chi connectivity index (χ1n) is 4.91. The molecule has 3 heteroatoms. The van der Waals surface area contributed by atoms with Crippen LogP contribution in [0.15, 0.2) is 24.4 Å². The fourth-order valence-corrected chi connectivity index (χ4v) is 1.93. The van der Waals surface area contributed by atoms with Gasteiger partial charge in [0.25, 0.3) is 0 Å². The van der Waals surface area contributed by atoms with Gasteiger partial charge in [0, 0.05) is 6.20 Å². The van der Waals surface area contributed by atoms with Crippen LogP contribution in [0.25, 0.3) is 5.52 Å². The third-order valence-corrected chi connectivity index (χ3v) is 3.00. The van der Waals surface area contributed by atoms with Crippen molar-refractivity contribution in [1.82, 2.24) is 9.61 Å². The molecule has 0 bridgehead atoms. The Kier molecular flexibility index (Phi) is 1.77. The molecule has 2 heterocycles. The van der Waals surface area contributed by atoms with Gasteiger partial charge < -0.3 is 0 Å². The molecule has 0 unspecified atom stereocenters. The molecule has 2 aromatic rings. The third-order valence-electron chi connectivity index (χ3n) is 2.72. The van der Waals surface area contributed by atoms with E-state index in [-0.39, 0.29) is 0 Å². The van der Waals surface area contributed by atoms with Crippen molar-refractivity contribution in [3.05, 3.63) is 35.7 Å². The fraction of sp³-hybridized carbons (Fsp3) is 0.364. The summed E-state index contributed by atoms with van der Waals surface area (Å²) in [7, 11) is 0. The molecule has 0 radical (unpaired) electrons. The van der Waals surface area contributed by atoms with Gasteiger partial charge in [-0.1, -0.05) is 0 Å². The van der Waals surface area contributed by atoms with Crippen LogP contribution in [0, 0.1) is 0 Å². The average Bonchev–Trinajstić information content (AvgIpc) is 2.97. The number of rotatable bonds is 2. The quantitative estimate of drug-likeness (QED) is 0.691. The predicted octanol–water partition coefficient (Wildman–Crippen LogP) is 2.95. The van der Waals surface area contributed by atoms with Crippen molar-refractivity contribution in [2.24, 2.45) is 0 Å². The van der Waals surface area contributed by atoms with E-state index in [1.165, 1.54) is 18.4 Å². The van der Waals surface area contributed by atoms with Crippen molar-refractivity contribution in [1.29, 1.82) is 0 Å². The van der Waals surface area contributed by atoms with Gasteiger partial charge in [0.15, 0.2) is 0 Å². The normalized spacial score (nSPS) is 16.4. The zero-order chi connectivity index (χ0) is 9.54. The van der Waals surface area contributed by atoms with Crippen LogP contribution in [0.3, 0.4) is 0 Å². The van der Waals surface area contributed by atoms with Gasteiger partial charge in [-0.25, -0.2) is 4.52 Å². The Morgan fingerprint density at radius 2 is 2.29 bits per heavy atom. The molecule has 14 heavy (non-hydrogen) atoms. The summed E-state index contributed by atoms with van der Waals surface area (Å²) in [6.45, 7) is 0. The highest BCUT2D eigenvalue weighted by Gasteiger charge is 2.23. The number of aromatic nitrogens is 2. The summed E-state index contributed by atoms with van der Waals surface area (Å²) >= 11 is 5.74. The third kappa shape index (κ3) is 1.30. The van der Waals surface area contributed by atoms with Crippen LogP contribution in [0.1, 0.15) is 30.0 Å². The van der Waals surface area contributed by atoms with Crippen LogP contribution in [0.5, 0.6) is 0 Å². The molecule has 0 atom stereocenters. The van der Waals surface area contributed by atoms with Crippen molar-refractivity contribution in [2.75, 3.05) is 0 Å². The highest BCUT2D eigenvalue weighted by molar-refractivity contribution is 6.16. The summed E-state index contributed by atoms with van der Waals surface area (Å²) in [4.78, 5) is 0. The Balaban J connectivity index is 2.12. The summed E-state index contributed by atoms with van der Waals surface area (Å²) in [5.41, 5.74) is 3.54. The first-order valence-corrected chi connectivity index (χ1v) is 5.44. The van der Waals surface area contributed by atoms with E-state index in [0.717, 1.165) is 17.1 Å². The standard InChI is InChI=1S/C11H11ClN2/c12-7-10-6-11-5-9(8-1-2-8)3-4-14(11)13-10/h3-6,8H,1-2,7H2. The van der Waals surface area contributed by atoms with E-state index in [1.807, 2.05) is 10.7 Å². The van der Waals surface area contributed by atoms with Crippen molar-refractivity contribution < 1.29 is 0 Å². The number of halogens is 1. The van der Waals surface area contributed by atoms with Crippen molar-refractivity contribution >= 4 is 17.1 Å².